The molecule has 7 nitrogen and oxygen atoms in total. The van der Waals surface area contributed by atoms with Gasteiger partial charge < -0.3 is 9.32 Å². The Morgan fingerprint density at radius 1 is 0.971 bits per heavy atom. The van der Waals surface area contributed by atoms with E-state index in [4.69, 9.17) is 4.42 Å². The van der Waals surface area contributed by atoms with Crippen LogP contribution in [-0.4, -0.2) is 28.1 Å². The van der Waals surface area contributed by atoms with Gasteiger partial charge in [0.05, 0.1) is 17.8 Å². The molecule has 5 aromatic rings. The van der Waals surface area contributed by atoms with E-state index in [1.807, 2.05) is 66.7 Å². The highest BCUT2D eigenvalue weighted by Crippen LogP contribution is 2.35. The standard InChI is InChI=1S/C28H23N5O2/c1-3-32(4-2)25-16-27-22(14-23(25)20-12-10-19(17-29)11-13-20)15-26(28(34)35-27)33-18-24(30-31-33)21-8-6-5-7-9-21/h5-16,18H,3-4H2,1-2H3. The summed E-state index contributed by atoms with van der Waals surface area (Å²) in [5, 5.41) is 18.3. The number of hydrogen-bond acceptors (Lipinski definition) is 6. The summed E-state index contributed by atoms with van der Waals surface area (Å²) in [6, 6.07) is 25.0. The Morgan fingerprint density at radius 3 is 2.40 bits per heavy atom. The minimum Gasteiger partial charge on any atom is -0.421 e. The maximum atomic E-state index is 12.9. The zero-order valence-electron chi connectivity index (χ0n) is 19.5. The van der Waals surface area contributed by atoms with E-state index in [1.54, 1.807) is 12.3 Å². The van der Waals surface area contributed by atoms with Crippen molar-refractivity contribution < 1.29 is 4.42 Å². The van der Waals surface area contributed by atoms with Gasteiger partial charge in [0.1, 0.15) is 11.3 Å². The van der Waals surface area contributed by atoms with Crippen molar-refractivity contribution in [2.75, 3.05) is 18.0 Å². The Hall–Kier alpha value is -4.70. The van der Waals surface area contributed by atoms with E-state index in [1.165, 1.54) is 4.68 Å². The lowest BCUT2D eigenvalue weighted by Gasteiger charge is -2.25. The Labute approximate surface area is 202 Å². The van der Waals surface area contributed by atoms with Crippen molar-refractivity contribution in [1.29, 1.82) is 5.26 Å². The molecule has 0 unspecified atom stereocenters. The molecule has 0 saturated heterocycles. The minimum atomic E-state index is -0.487. The van der Waals surface area contributed by atoms with Crippen molar-refractivity contribution in [1.82, 2.24) is 15.0 Å². The lowest BCUT2D eigenvalue weighted by Crippen LogP contribution is -2.22. The van der Waals surface area contributed by atoms with Gasteiger partial charge >= 0.3 is 5.63 Å². The van der Waals surface area contributed by atoms with Gasteiger partial charge in [-0.05, 0) is 43.7 Å². The first-order valence-corrected chi connectivity index (χ1v) is 11.5. The number of rotatable bonds is 6. The maximum absolute atomic E-state index is 12.9. The second-order valence-corrected chi connectivity index (χ2v) is 8.10. The molecule has 0 atom stereocenters. The minimum absolute atomic E-state index is 0.286. The highest BCUT2D eigenvalue weighted by Gasteiger charge is 2.17. The number of anilines is 1. The number of aromatic nitrogens is 3. The van der Waals surface area contributed by atoms with E-state index in [0.29, 0.717) is 16.8 Å². The average Bonchev–Trinajstić information content (AvgIpc) is 3.39. The average molecular weight is 462 g/mol. The molecule has 0 saturated carbocycles. The van der Waals surface area contributed by atoms with Crippen molar-refractivity contribution in [2.24, 2.45) is 0 Å². The highest BCUT2D eigenvalue weighted by atomic mass is 16.4. The normalized spacial score (nSPS) is 10.9. The molecule has 2 aromatic heterocycles. The summed E-state index contributed by atoms with van der Waals surface area (Å²) < 4.78 is 7.21. The van der Waals surface area contributed by atoms with E-state index in [0.717, 1.165) is 40.9 Å². The summed E-state index contributed by atoms with van der Waals surface area (Å²) in [5.74, 6) is 0. The summed E-state index contributed by atoms with van der Waals surface area (Å²) in [6.07, 6.45) is 1.72. The molecule has 35 heavy (non-hydrogen) atoms. The summed E-state index contributed by atoms with van der Waals surface area (Å²) in [4.78, 5) is 15.1. The first-order valence-electron chi connectivity index (χ1n) is 11.5. The molecule has 0 fully saturated rings. The molecule has 0 aliphatic heterocycles. The quantitative estimate of drug-likeness (QED) is 0.314. The van der Waals surface area contributed by atoms with Crippen LogP contribution >= 0.6 is 0 Å². The van der Waals surface area contributed by atoms with Crippen molar-refractivity contribution >= 4 is 16.7 Å². The van der Waals surface area contributed by atoms with Crippen LogP contribution in [0.25, 0.3) is 39.0 Å². The summed E-state index contributed by atoms with van der Waals surface area (Å²) in [6.45, 7) is 5.78. The van der Waals surface area contributed by atoms with Crippen LogP contribution in [0.4, 0.5) is 5.69 Å². The van der Waals surface area contributed by atoms with Gasteiger partial charge in [0.15, 0.2) is 5.69 Å². The van der Waals surface area contributed by atoms with Crippen molar-refractivity contribution in [2.45, 2.75) is 13.8 Å². The van der Waals surface area contributed by atoms with Gasteiger partial charge in [-0.3, -0.25) is 0 Å². The van der Waals surface area contributed by atoms with Gasteiger partial charge in [0.2, 0.25) is 0 Å². The predicted octanol–water partition coefficient (Wildman–Crippen LogP) is 5.43. The van der Waals surface area contributed by atoms with E-state index < -0.39 is 5.63 Å². The molecule has 0 bridgehead atoms. The number of benzene rings is 3. The third-order valence-corrected chi connectivity index (χ3v) is 6.07. The fourth-order valence-electron chi connectivity index (χ4n) is 4.21. The Kier molecular flexibility index (Phi) is 5.86. The third kappa shape index (κ3) is 4.18. The van der Waals surface area contributed by atoms with Crippen LogP contribution in [0.15, 0.2) is 88.2 Å². The molecule has 3 aromatic carbocycles. The fraction of sp³-hybridized carbons (Fsp3) is 0.143. The Morgan fingerprint density at radius 2 is 1.71 bits per heavy atom. The van der Waals surface area contributed by atoms with Crippen LogP contribution < -0.4 is 10.5 Å². The number of fused-ring (bicyclic) bond motifs is 1. The van der Waals surface area contributed by atoms with Gasteiger partial charge in [0.25, 0.3) is 0 Å². The molecular weight excluding hydrogens is 438 g/mol. The number of hydrogen-bond donors (Lipinski definition) is 0. The number of nitriles is 1. The lowest BCUT2D eigenvalue weighted by atomic mass is 9.99. The van der Waals surface area contributed by atoms with Crippen LogP contribution in [0.3, 0.4) is 0 Å². The fourth-order valence-corrected chi connectivity index (χ4v) is 4.21. The second-order valence-electron chi connectivity index (χ2n) is 8.10. The van der Waals surface area contributed by atoms with E-state index >= 15 is 0 Å². The van der Waals surface area contributed by atoms with Gasteiger partial charge in [-0.25, -0.2) is 9.48 Å². The van der Waals surface area contributed by atoms with Gasteiger partial charge in [-0.1, -0.05) is 47.7 Å². The summed E-state index contributed by atoms with van der Waals surface area (Å²) in [5.41, 5.74) is 5.43. The SMILES string of the molecule is CCN(CC)c1cc2oc(=O)c(-n3cc(-c4ccccc4)nn3)cc2cc1-c1ccc(C#N)cc1. The second kappa shape index (κ2) is 9.27. The molecule has 0 aliphatic carbocycles. The van der Waals surface area contributed by atoms with E-state index in [2.05, 4.69) is 35.1 Å². The Bertz CT molecular complexity index is 1590. The molecule has 0 N–H and O–H groups in total. The molecular formula is C28H23N5O2. The molecule has 172 valence electrons. The smallest absolute Gasteiger partial charge is 0.362 e. The van der Waals surface area contributed by atoms with Crippen molar-refractivity contribution in [3.05, 3.63) is 95.0 Å². The molecule has 2 heterocycles. The van der Waals surface area contributed by atoms with Crippen LogP contribution in [0.2, 0.25) is 0 Å². The van der Waals surface area contributed by atoms with Crippen LogP contribution in [0.5, 0.6) is 0 Å². The zero-order chi connectivity index (χ0) is 24.4. The maximum Gasteiger partial charge on any atom is 0.362 e. The third-order valence-electron chi connectivity index (χ3n) is 6.07. The monoisotopic (exact) mass is 461 g/mol. The highest BCUT2D eigenvalue weighted by molar-refractivity contribution is 5.92. The lowest BCUT2D eigenvalue weighted by molar-refractivity contribution is 0.550. The molecule has 7 heteroatoms. The largest absolute Gasteiger partial charge is 0.421 e. The van der Waals surface area contributed by atoms with Crippen molar-refractivity contribution in [3.63, 3.8) is 0 Å². The Balaban J connectivity index is 1.66. The summed E-state index contributed by atoms with van der Waals surface area (Å²) in [7, 11) is 0. The van der Waals surface area contributed by atoms with E-state index in [9.17, 15) is 10.1 Å². The van der Waals surface area contributed by atoms with Crippen LogP contribution in [0, 0.1) is 11.3 Å². The molecule has 0 aliphatic rings. The van der Waals surface area contributed by atoms with Gasteiger partial charge in [0, 0.05) is 41.4 Å². The van der Waals surface area contributed by atoms with Crippen LogP contribution in [0.1, 0.15) is 19.4 Å². The predicted molar refractivity (Wildman–Crippen MR) is 137 cm³/mol. The van der Waals surface area contributed by atoms with Crippen molar-refractivity contribution in [3.8, 4) is 34.1 Å². The van der Waals surface area contributed by atoms with E-state index in [-0.39, 0.29) is 5.69 Å². The van der Waals surface area contributed by atoms with Gasteiger partial charge in [-0.2, -0.15) is 5.26 Å². The number of nitrogens with zero attached hydrogens (tertiary/aromatic N) is 5. The molecule has 0 amide bonds. The molecule has 0 spiro atoms. The zero-order valence-corrected chi connectivity index (χ0v) is 19.5. The summed E-state index contributed by atoms with van der Waals surface area (Å²) >= 11 is 0. The van der Waals surface area contributed by atoms with Gasteiger partial charge in [-0.15, -0.1) is 5.10 Å². The molecule has 0 radical (unpaired) electrons. The first kappa shape index (κ1) is 22.1. The first-order chi connectivity index (χ1) is 17.1. The molecule has 5 rings (SSSR count). The topological polar surface area (TPSA) is 87.9 Å². The van der Waals surface area contributed by atoms with Crippen LogP contribution in [-0.2, 0) is 0 Å².